The minimum Gasteiger partial charge on any atom is -0.497 e. The Bertz CT molecular complexity index is 968. The van der Waals surface area contributed by atoms with Gasteiger partial charge < -0.3 is 15.0 Å². The normalized spacial score (nSPS) is 15.0. The van der Waals surface area contributed by atoms with Gasteiger partial charge in [0.25, 0.3) is 5.91 Å². The number of hydrogen-bond acceptors (Lipinski definition) is 5. The molecule has 0 atom stereocenters. The van der Waals surface area contributed by atoms with E-state index < -0.39 is 15.1 Å². The van der Waals surface area contributed by atoms with Crippen molar-refractivity contribution < 1.29 is 22.7 Å². The molecule has 29 heavy (non-hydrogen) atoms. The van der Waals surface area contributed by atoms with E-state index in [0.717, 1.165) is 0 Å². The molecule has 0 aliphatic carbocycles. The fourth-order valence-electron chi connectivity index (χ4n) is 3.35. The maximum Gasteiger partial charge on any atom is 0.251 e. The molecule has 3 rings (SSSR count). The molecule has 1 saturated heterocycles. The fourth-order valence-corrected chi connectivity index (χ4v) is 5.11. The first-order valence-electron chi connectivity index (χ1n) is 9.41. The number of methoxy groups -OCH3 is 1. The number of likely N-dealkylation sites (tertiary alicyclic amines) is 1. The van der Waals surface area contributed by atoms with Crippen molar-refractivity contribution in [2.24, 2.45) is 0 Å². The lowest BCUT2D eigenvalue weighted by Crippen LogP contribution is -2.46. The van der Waals surface area contributed by atoms with Gasteiger partial charge in [-0.25, -0.2) is 8.42 Å². The number of amides is 2. The molecule has 1 heterocycles. The van der Waals surface area contributed by atoms with Gasteiger partial charge in [0.2, 0.25) is 5.91 Å². The topological polar surface area (TPSA) is 92.8 Å². The summed E-state index contributed by atoms with van der Waals surface area (Å²) in [5.41, 5.74) is 0.407. The SMILES string of the molecule is COc1cccc(C(=O)NCC(=O)N2CCC(S(=O)(=O)c3ccccc3)CC2)c1. The first kappa shape index (κ1) is 20.9. The highest BCUT2D eigenvalue weighted by Gasteiger charge is 2.32. The van der Waals surface area contributed by atoms with Crippen LogP contribution in [0.4, 0.5) is 0 Å². The third-order valence-electron chi connectivity index (χ3n) is 5.04. The number of sulfone groups is 1. The van der Waals surface area contributed by atoms with Gasteiger partial charge in [0.15, 0.2) is 9.84 Å². The van der Waals surface area contributed by atoms with E-state index in [2.05, 4.69) is 5.32 Å². The second kappa shape index (κ2) is 9.09. The van der Waals surface area contributed by atoms with Crippen molar-refractivity contribution in [2.75, 3.05) is 26.7 Å². The van der Waals surface area contributed by atoms with Crippen molar-refractivity contribution >= 4 is 21.7 Å². The van der Waals surface area contributed by atoms with Gasteiger partial charge in [0.05, 0.1) is 23.8 Å². The molecule has 8 heteroatoms. The molecule has 0 unspecified atom stereocenters. The largest absolute Gasteiger partial charge is 0.497 e. The molecule has 1 fully saturated rings. The van der Waals surface area contributed by atoms with Gasteiger partial charge in [-0.05, 0) is 43.2 Å². The number of nitrogens with zero attached hydrogens (tertiary/aromatic N) is 1. The van der Waals surface area contributed by atoms with Crippen molar-refractivity contribution in [3.8, 4) is 5.75 Å². The van der Waals surface area contributed by atoms with Crippen LogP contribution in [0.15, 0.2) is 59.5 Å². The molecule has 2 aromatic rings. The van der Waals surface area contributed by atoms with E-state index in [-0.39, 0.29) is 18.4 Å². The Morgan fingerprint density at radius 3 is 2.41 bits per heavy atom. The van der Waals surface area contributed by atoms with Gasteiger partial charge in [-0.1, -0.05) is 24.3 Å². The molecule has 7 nitrogen and oxygen atoms in total. The maximum absolute atomic E-state index is 12.7. The van der Waals surface area contributed by atoms with Crippen LogP contribution in [-0.2, 0) is 14.6 Å². The number of benzene rings is 2. The van der Waals surface area contributed by atoms with E-state index in [1.54, 1.807) is 59.5 Å². The quantitative estimate of drug-likeness (QED) is 0.776. The van der Waals surface area contributed by atoms with E-state index in [4.69, 9.17) is 4.74 Å². The molecule has 1 aliphatic rings. The van der Waals surface area contributed by atoms with Crippen LogP contribution in [0.3, 0.4) is 0 Å². The zero-order valence-corrected chi connectivity index (χ0v) is 17.0. The summed E-state index contributed by atoms with van der Waals surface area (Å²) >= 11 is 0. The third kappa shape index (κ3) is 4.95. The highest BCUT2D eigenvalue weighted by Crippen LogP contribution is 2.24. The summed E-state index contributed by atoms with van der Waals surface area (Å²) in [6, 6.07) is 15.1. The standard InChI is InChI=1S/C21H24N2O5S/c1-28-17-7-5-6-16(14-17)21(25)22-15-20(24)23-12-10-19(11-13-23)29(26,27)18-8-3-2-4-9-18/h2-9,14,19H,10-13,15H2,1H3,(H,22,25). The van der Waals surface area contributed by atoms with E-state index in [0.29, 0.717) is 42.1 Å². The van der Waals surface area contributed by atoms with Crippen LogP contribution >= 0.6 is 0 Å². The lowest BCUT2D eigenvalue weighted by Gasteiger charge is -2.31. The first-order chi connectivity index (χ1) is 13.9. The molecule has 0 spiro atoms. The molecule has 1 N–H and O–H groups in total. The number of carbonyl (C=O) groups is 2. The van der Waals surface area contributed by atoms with Crippen molar-refractivity contribution in [2.45, 2.75) is 23.0 Å². The number of nitrogens with one attached hydrogen (secondary N) is 1. The zero-order chi connectivity index (χ0) is 20.9. The summed E-state index contributed by atoms with van der Waals surface area (Å²) in [7, 11) is -1.88. The number of ether oxygens (including phenoxy) is 1. The monoisotopic (exact) mass is 416 g/mol. The lowest BCUT2D eigenvalue weighted by atomic mass is 10.1. The van der Waals surface area contributed by atoms with Gasteiger partial charge in [-0.15, -0.1) is 0 Å². The van der Waals surface area contributed by atoms with Gasteiger partial charge in [0, 0.05) is 18.7 Å². The van der Waals surface area contributed by atoms with Crippen LogP contribution in [0.1, 0.15) is 23.2 Å². The second-order valence-electron chi connectivity index (χ2n) is 6.85. The summed E-state index contributed by atoms with van der Waals surface area (Å²) in [6.07, 6.45) is 0.763. The van der Waals surface area contributed by atoms with Crippen molar-refractivity contribution in [3.05, 3.63) is 60.2 Å². The van der Waals surface area contributed by atoms with Crippen molar-refractivity contribution in [3.63, 3.8) is 0 Å². The van der Waals surface area contributed by atoms with Crippen LogP contribution in [0.25, 0.3) is 0 Å². The fraction of sp³-hybridized carbons (Fsp3) is 0.333. The van der Waals surface area contributed by atoms with Crippen molar-refractivity contribution in [1.82, 2.24) is 10.2 Å². The molecular formula is C21H24N2O5S. The van der Waals surface area contributed by atoms with Gasteiger partial charge >= 0.3 is 0 Å². The van der Waals surface area contributed by atoms with E-state index >= 15 is 0 Å². The first-order valence-corrected chi connectivity index (χ1v) is 11.0. The predicted molar refractivity (Wildman–Crippen MR) is 109 cm³/mol. The minimum atomic E-state index is -3.40. The average molecular weight is 416 g/mol. The molecular weight excluding hydrogens is 392 g/mol. The molecule has 154 valence electrons. The summed E-state index contributed by atoms with van der Waals surface area (Å²) in [4.78, 5) is 26.6. The van der Waals surface area contributed by atoms with Crippen LogP contribution in [0, 0.1) is 0 Å². The Hall–Kier alpha value is -2.87. The smallest absolute Gasteiger partial charge is 0.251 e. The summed E-state index contributed by atoms with van der Waals surface area (Å²) in [5.74, 6) is -0.0266. The summed E-state index contributed by atoms with van der Waals surface area (Å²) in [5, 5.41) is 2.11. The van der Waals surface area contributed by atoms with Crippen molar-refractivity contribution in [1.29, 1.82) is 0 Å². The summed E-state index contributed by atoms with van der Waals surface area (Å²) in [6.45, 7) is 0.571. The molecule has 0 aromatic heterocycles. The van der Waals surface area contributed by atoms with E-state index in [9.17, 15) is 18.0 Å². The average Bonchev–Trinajstić information content (AvgIpc) is 2.78. The Kier molecular flexibility index (Phi) is 6.53. The van der Waals surface area contributed by atoms with E-state index in [1.165, 1.54) is 7.11 Å². The van der Waals surface area contributed by atoms with Crippen LogP contribution in [0.2, 0.25) is 0 Å². The number of carbonyl (C=O) groups excluding carboxylic acids is 2. The molecule has 0 saturated carbocycles. The number of hydrogen-bond donors (Lipinski definition) is 1. The van der Waals surface area contributed by atoms with Crippen LogP contribution < -0.4 is 10.1 Å². The van der Waals surface area contributed by atoms with Crippen LogP contribution in [0.5, 0.6) is 5.75 Å². The second-order valence-corrected chi connectivity index (χ2v) is 9.08. The highest BCUT2D eigenvalue weighted by atomic mass is 32.2. The maximum atomic E-state index is 12.7. The van der Waals surface area contributed by atoms with E-state index in [1.807, 2.05) is 0 Å². The minimum absolute atomic E-state index is 0.133. The van der Waals surface area contributed by atoms with Crippen LogP contribution in [-0.4, -0.2) is 57.1 Å². The summed E-state index contributed by atoms with van der Waals surface area (Å²) < 4.78 is 30.5. The Labute approximate surface area is 170 Å². The van der Waals surface area contributed by atoms with Gasteiger partial charge in [-0.2, -0.15) is 0 Å². The predicted octanol–water partition coefficient (Wildman–Crippen LogP) is 1.89. The Balaban J connectivity index is 1.52. The lowest BCUT2D eigenvalue weighted by molar-refractivity contribution is -0.130. The zero-order valence-electron chi connectivity index (χ0n) is 16.2. The number of piperidine rings is 1. The van der Waals surface area contributed by atoms with Gasteiger partial charge in [0.1, 0.15) is 5.75 Å². The van der Waals surface area contributed by atoms with Gasteiger partial charge in [-0.3, -0.25) is 9.59 Å². The number of rotatable bonds is 6. The molecule has 2 amide bonds. The molecule has 0 bridgehead atoms. The molecule has 1 aliphatic heterocycles. The Morgan fingerprint density at radius 2 is 1.76 bits per heavy atom. The highest BCUT2D eigenvalue weighted by molar-refractivity contribution is 7.92. The molecule has 0 radical (unpaired) electrons. The molecule has 2 aromatic carbocycles. The third-order valence-corrected chi connectivity index (χ3v) is 7.32. The Morgan fingerprint density at radius 1 is 1.07 bits per heavy atom.